The summed E-state index contributed by atoms with van der Waals surface area (Å²) in [5, 5.41) is 0. The lowest BCUT2D eigenvalue weighted by Crippen LogP contribution is -2.37. The van der Waals surface area contributed by atoms with Gasteiger partial charge in [0.2, 0.25) is 0 Å². The second kappa shape index (κ2) is 6.21. The molecule has 0 unspecified atom stereocenters. The molecule has 0 bridgehead atoms. The maximum Gasteiger partial charge on any atom is 0.0314 e. The summed E-state index contributed by atoms with van der Waals surface area (Å²) in [6, 6.07) is 8.42. The van der Waals surface area contributed by atoms with Gasteiger partial charge in [0.15, 0.2) is 0 Å². The van der Waals surface area contributed by atoms with E-state index in [4.69, 9.17) is 5.73 Å². The van der Waals surface area contributed by atoms with Crippen LogP contribution in [-0.2, 0) is 0 Å². The predicted molar refractivity (Wildman–Crippen MR) is 77.8 cm³/mol. The molecule has 2 N–H and O–H groups in total. The average molecular weight is 247 g/mol. The first-order chi connectivity index (χ1) is 8.65. The van der Waals surface area contributed by atoms with Gasteiger partial charge in [-0.15, -0.1) is 0 Å². The topological polar surface area (TPSA) is 32.5 Å². The van der Waals surface area contributed by atoms with Crippen molar-refractivity contribution in [1.82, 2.24) is 9.80 Å². The van der Waals surface area contributed by atoms with E-state index in [-0.39, 0.29) is 0 Å². The molecule has 0 aromatic heterocycles. The number of nitrogens with two attached hydrogens (primary N) is 1. The van der Waals surface area contributed by atoms with Gasteiger partial charge >= 0.3 is 0 Å². The minimum absolute atomic E-state index is 0.723. The SMILES string of the molecule is CN(C)CCN1CCC(c2ccc(N)cc2)CC1. The Hall–Kier alpha value is -1.06. The summed E-state index contributed by atoms with van der Waals surface area (Å²) < 4.78 is 0. The molecule has 1 aliphatic heterocycles. The zero-order valence-corrected chi connectivity index (χ0v) is 11.6. The summed E-state index contributed by atoms with van der Waals surface area (Å²) in [5.74, 6) is 0.723. The van der Waals surface area contributed by atoms with E-state index in [1.807, 2.05) is 12.1 Å². The molecule has 0 aliphatic carbocycles. The molecule has 1 aromatic carbocycles. The van der Waals surface area contributed by atoms with Crippen molar-refractivity contribution in [3.05, 3.63) is 29.8 Å². The molecule has 1 heterocycles. The number of nitrogen functional groups attached to an aromatic ring is 1. The molecular weight excluding hydrogens is 222 g/mol. The van der Waals surface area contributed by atoms with Crippen LogP contribution in [0.4, 0.5) is 5.69 Å². The molecule has 3 nitrogen and oxygen atoms in total. The van der Waals surface area contributed by atoms with E-state index in [1.165, 1.54) is 38.0 Å². The maximum absolute atomic E-state index is 5.73. The standard InChI is InChI=1S/C15H25N3/c1-17(2)11-12-18-9-7-14(8-10-18)13-3-5-15(16)6-4-13/h3-6,14H,7-12,16H2,1-2H3. The highest BCUT2D eigenvalue weighted by molar-refractivity contribution is 5.40. The molecule has 0 radical (unpaired) electrons. The van der Waals surface area contributed by atoms with E-state index in [9.17, 15) is 0 Å². The fourth-order valence-corrected chi connectivity index (χ4v) is 2.60. The molecular formula is C15H25N3. The fraction of sp³-hybridized carbons (Fsp3) is 0.600. The molecule has 2 rings (SSSR count). The number of nitrogens with zero attached hydrogens (tertiary/aromatic N) is 2. The van der Waals surface area contributed by atoms with Gasteiger partial charge in [-0.05, 0) is 63.6 Å². The van der Waals surface area contributed by atoms with Gasteiger partial charge in [0.25, 0.3) is 0 Å². The number of piperidine rings is 1. The Morgan fingerprint density at radius 1 is 1.17 bits per heavy atom. The van der Waals surface area contributed by atoms with Gasteiger partial charge in [0, 0.05) is 18.8 Å². The average Bonchev–Trinajstić information content (AvgIpc) is 2.38. The van der Waals surface area contributed by atoms with Crippen LogP contribution >= 0.6 is 0 Å². The molecule has 18 heavy (non-hydrogen) atoms. The van der Waals surface area contributed by atoms with Crippen LogP contribution in [0.1, 0.15) is 24.3 Å². The first kappa shape index (κ1) is 13.4. The van der Waals surface area contributed by atoms with Crippen molar-refractivity contribution in [3.8, 4) is 0 Å². The van der Waals surface area contributed by atoms with Crippen LogP contribution in [0.25, 0.3) is 0 Å². The zero-order chi connectivity index (χ0) is 13.0. The number of likely N-dealkylation sites (N-methyl/N-ethyl adjacent to an activating group) is 1. The molecule has 1 saturated heterocycles. The van der Waals surface area contributed by atoms with Crippen LogP contribution in [0.5, 0.6) is 0 Å². The quantitative estimate of drug-likeness (QED) is 0.826. The molecule has 0 saturated carbocycles. The van der Waals surface area contributed by atoms with Crippen molar-refractivity contribution < 1.29 is 0 Å². The Morgan fingerprint density at radius 2 is 1.78 bits per heavy atom. The highest BCUT2D eigenvalue weighted by atomic mass is 15.2. The number of rotatable bonds is 4. The van der Waals surface area contributed by atoms with E-state index < -0.39 is 0 Å². The number of likely N-dealkylation sites (tertiary alicyclic amines) is 1. The molecule has 3 heteroatoms. The van der Waals surface area contributed by atoms with Crippen LogP contribution < -0.4 is 5.73 Å². The second-order valence-electron chi connectivity index (χ2n) is 5.59. The molecule has 100 valence electrons. The molecule has 1 aliphatic rings. The van der Waals surface area contributed by atoms with E-state index in [1.54, 1.807) is 0 Å². The van der Waals surface area contributed by atoms with E-state index in [0.717, 1.165) is 18.2 Å². The fourth-order valence-electron chi connectivity index (χ4n) is 2.60. The van der Waals surface area contributed by atoms with E-state index in [0.29, 0.717) is 0 Å². The van der Waals surface area contributed by atoms with Gasteiger partial charge in [-0.2, -0.15) is 0 Å². The van der Waals surface area contributed by atoms with Crippen molar-refractivity contribution in [2.45, 2.75) is 18.8 Å². The zero-order valence-electron chi connectivity index (χ0n) is 11.6. The summed E-state index contributed by atoms with van der Waals surface area (Å²) in [5.41, 5.74) is 8.05. The smallest absolute Gasteiger partial charge is 0.0314 e. The van der Waals surface area contributed by atoms with Crippen molar-refractivity contribution in [3.63, 3.8) is 0 Å². The summed E-state index contributed by atoms with van der Waals surface area (Å²) >= 11 is 0. The summed E-state index contributed by atoms with van der Waals surface area (Å²) in [6.07, 6.45) is 2.55. The number of hydrogen-bond donors (Lipinski definition) is 1. The van der Waals surface area contributed by atoms with Gasteiger partial charge in [-0.3, -0.25) is 0 Å². The Morgan fingerprint density at radius 3 is 2.33 bits per heavy atom. The largest absolute Gasteiger partial charge is 0.399 e. The molecule has 0 atom stereocenters. The van der Waals surface area contributed by atoms with Gasteiger partial charge in [-0.25, -0.2) is 0 Å². The van der Waals surface area contributed by atoms with Crippen molar-refractivity contribution >= 4 is 5.69 Å². The Balaban J connectivity index is 1.81. The highest BCUT2D eigenvalue weighted by Crippen LogP contribution is 2.28. The van der Waals surface area contributed by atoms with Crippen LogP contribution in [0.15, 0.2) is 24.3 Å². The van der Waals surface area contributed by atoms with Crippen LogP contribution in [0.2, 0.25) is 0 Å². The van der Waals surface area contributed by atoms with Crippen LogP contribution in [0, 0.1) is 0 Å². The summed E-state index contributed by atoms with van der Waals surface area (Å²) in [4.78, 5) is 4.83. The lowest BCUT2D eigenvalue weighted by molar-refractivity contribution is 0.194. The molecule has 1 fully saturated rings. The summed E-state index contributed by atoms with van der Waals surface area (Å²) in [6.45, 7) is 4.81. The lowest BCUT2D eigenvalue weighted by atomic mass is 9.89. The lowest BCUT2D eigenvalue weighted by Gasteiger charge is -2.32. The summed E-state index contributed by atoms with van der Waals surface area (Å²) in [7, 11) is 4.28. The first-order valence-corrected chi connectivity index (χ1v) is 6.87. The van der Waals surface area contributed by atoms with Gasteiger partial charge < -0.3 is 15.5 Å². The van der Waals surface area contributed by atoms with Crippen LogP contribution in [-0.4, -0.2) is 50.1 Å². The third-order valence-corrected chi connectivity index (χ3v) is 3.86. The van der Waals surface area contributed by atoms with E-state index >= 15 is 0 Å². The molecule has 0 amide bonds. The Labute approximate surface area is 111 Å². The third kappa shape index (κ3) is 3.72. The highest BCUT2D eigenvalue weighted by Gasteiger charge is 2.20. The predicted octanol–water partition coefficient (Wildman–Crippen LogP) is 2.01. The second-order valence-corrected chi connectivity index (χ2v) is 5.59. The first-order valence-electron chi connectivity index (χ1n) is 6.87. The van der Waals surface area contributed by atoms with Gasteiger partial charge in [-0.1, -0.05) is 12.1 Å². The van der Waals surface area contributed by atoms with Crippen molar-refractivity contribution in [2.24, 2.45) is 0 Å². The number of hydrogen-bond acceptors (Lipinski definition) is 3. The van der Waals surface area contributed by atoms with Gasteiger partial charge in [0.05, 0.1) is 0 Å². The monoisotopic (exact) mass is 247 g/mol. The van der Waals surface area contributed by atoms with Crippen molar-refractivity contribution in [1.29, 1.82) is 0 Å². The normalized spacial score (nSPS) is 18.4. The molecule has 1 aromatic rings. The third-order valence-electron chi connectivity index (χ3n) is 3.86. The van der Waals surface area contributed by atoms with Crippen LogP contribution in [0.3, 0.4) is 0 Å². The minimum Gasteiger partial charge on any atom is -0.399 e. The molecule has 0 spiro atoms. The van der Waals surface area contributed by atoms with Crippen molar-refractivity contribution in [2.75, 3.05) is 46.0 Å². The number of benzene rings is 1. The minimum atomic E-state index is 0.723. The Kier molecular flexibility index (Phi) is 4.61. The maximum atomic E-state index is 5.73. The Bertz CT molecular complexity index is 351. The number of anilines is 1. The van der Waals surface area contributed by atoms with Gasteiger partial charge in [0.1, 0.15) is 0 Å². The van der Waals surface area contributed by atoms with E-state index in [2.05, 4.69) is 36.0 Å².